The molecule has 0 aromatic heterocycles. The number of hydrogen-bond acceptors (Lipinski definition) is 2. The van der Waals surface area contributed by atoms with Crippen LogP contribution in [0.3, 0.4) is 0 Å². The van der Waals surface area contributed by atoms with Crippen molar-refractivity contribution in [2.75, 3.05) is 0 Å². The summed E-state index contributed by atoms with van der Waals surface area (Å²) in [6.45, 7) is 11.3. The van der Waals surface area contributed by atoms with E-state index in [0.29, 0.717) is 0 Å². The Bertz CT molecular complexity index is 717. The Hall–Kier alpha value is -2.62. The van der Waals surface area contributed by atoms with Crippen molar-refractivity contribution in [3.05, 3.63) is 71.8 Å². The molecule has 0 saturated heterocycles. The third-order valence-electron chi connectivity index (χ3n) is 4.59. The van der Waals surface area contributed by atoms with Crippen LogP contribution in [-0.4, -0.2) is 11.8 Å². The molecule has 2 rings (SSSR count). The van der Waals surface area contributed by atoms with E-state index in [0.717, 1.165) is 11.1 Å². The highest BCUT2D eigenvalue weighted by molar-refractivity contribution is 5.83. The molecule has 28 heavy (non-hydrogen) atoms. The minimum atomic E-state index is -0.539. The SMILES string of the molecule is CC(C)(C)C(=O)NC(c1ccccc1)C(NC(=O)C(C)(C)C)c1ccccc1. The molecule has 0 heterocycles. The fourth-order valence-corrected chi connectivity index (χ4v) is 2.75. The van der Waals surface area contributed by atoms with Crippen molar-refractivity contribution in [1.29, 1.82) is 0 Å². The van der Waals surface area contributed by atoms with E-state index in [9.17, 15) is 9.59 Å². The van der Waals surface area contributed by atoms with Crippen LogP contribution < -0.4 is 10.6 Å². The molecule has 0 radical (unpaired) electrons. The highest BCUT2D eigenvalue weighted by Crippen LogP contribution is 2.31. The smallest absolute Gasteiger partial charge is 0.225 e. The van der Waals surface area contributed by atoms with Gasteiger partial charge in [0.25, 0.3) is 0 Å². The van der Waals surface area contributed by atoms with Crippen molar-refractivity contribution in [2.45, 2.75) is 53.6 Å². The highest BCUT2D eigenvalue weighted by atomic mass is 16.2. The van der Waals surface area contributed by atoms with Crippen LogP contribution in [0, 0.1) is 10.8 Å². The molecule has 2 N–H and O–H groups in total. The summed E-state index contributed by atoms with van der Waals surface area (Å²) in [7, 11) is 0. The van der Waals surface area contributed by atoms with Gasteiger partial charge in [-0.1, -0.05) is 102 Å². The van der Waals surface area contributed by atoms with Crippen LogP contribution in [0.25, 0.3) is 0 Å². The Kier molecular flexibility index (Phi) is 6.65. The third kappa shape index (κ3) is 5.69. The molecule has 0 spiro atoms. The second kappa shape index (κ2) is 8.59. The molecule has 2 unspecified atom stereocenters. The maximum atomic E-state index is 12.8. The molecule has 0 fully saturated rings. The van der Waals surface area contributed by atoms with Crippen LogP contribution in [0.4, 0.5) is 0 Å². The second-order valence-electron chi connectivity index (χ2n) is 9.22. The van der Waals surface area contributed by atoms with E-state index in [2.05, 4.69) is 10.6 Å². The quantitative estimate of drug-likeness (QED) is 0.783. The van der Waals surface area contributed by atoms with Crippen LogP contribution in [0.1, 0.15) is 64.8 Å². The van der Waals surface area contributed by atoms with Crippen LogP contribution >= 0.6 is 0 Å². The fourth-order valence-electron chi connectivity index (χ4n) is 2.75. The van der Waals surface area contributed by atoms with Gasteiger partial charge in [-0.3, -0.25) is 9.59 Å². The summed E-state index contributed by atoms with van der Waals surface area (Å²) in [6, 6.07) is 18.8. The lowest BCUT2D eigenvalue weighted by Gasteiger charge is -2.33. The minimum absolute atomic E-state index is 0.0627. The van der Waals surface area contributed by atoms with Gasteiger partial charge in [-0.15, -0.1) is 0 Å². The lowest BCUT2D eigenvalue weighted by atomic mass is 9.88. The normalized spacial score (nSPS) is 14.1. The number of carbonyl (C=O) groups is 2. The maximum absolute atomic E-state index is 12.8. The Balaban J connectivity index is 2.51. The van der Waals surface area contributed by atoms with Crippen molar-refractivity contribution in [3.63, 3.8) is 0 Å². The Morgan fingerprint density at radius 2 is 0.893 bits per heavy atom. The first kappa shape index (κ1) is 21.7. The van der Waals surface area contributed by atoms with Crippen LogP contribution in [0.2, 0.25) is 0 Å². The summed E-state index contributed by atoms with van der Waals surface area (Å²) < 4.78 is 0. The first-order valence-electron chi connectivity index (χ1n) is 9.72. The first-order valence-corrected chi connectivity index (χ1v) is 9.72. The van der Waals surface area contributed by atoms with Crippen molar-refractivity contribution in [3.8, 4) is 0 Å². The van der Waals surface area contributed by atoms with E-state index in [-0.39, 0.29) is 23.9 Å². The molecular formula is C24H32N2O2. The summed E-state index contributed by atoms with van der Waals surface area (Å²) in [5.41, 5.74) is 0.816. The first-order chi connectivity index (χ1) is 13.0. The number of amides is 2. The highest BCUT2D eigenvalue weighted by Gasteiger charge is 2.33. The zero-order valence-electron chi connectivity index (χ0n) is 17.7. The molecule has 0 saturated carbocycles. The molecule has 0 aliphatic carbocycles. The molecule has 2 amide bonds. The van der Waals surface area contributed by atoms with E-state index >= 15 is 0 Å². The lowest BCUT2D eigenvalue weighted by Crippen LogP contribution is -2.46. The van der Waals surface area contributed by atoms with Gasteiger partial charge in [0.2, 0.25) is 11.8 Å². The number of nitrogens with one attached hydrogen (secondary N) is 2. The molecule has 0 aliphatic rings. The molecule has 0 aliphatic heterocycles. The van der Waals surface area contributed by atoms with Gasteiger partial charge in [0.05, 0.1) is 12.1 Å². The molecule has 4 nitrogen and oxygen atoms in total. The van der Waals surface area contributed by atoms with Gasteiger partial charge in [-0.2, -0.15) is 0 Å². The van der Waals surface area contributed by atoms with Gasteiger partial charge in [0, 0.05) is 10.8 Å². The van der Waals surface area contributed by atoms with Crippen molar-refractivity contribution in [1.82, 2.24) is 10.6 Å². The molecule has 0 bridgehead atoms. The Labute approximate surface area is 168 Å². The average molecular weight is 381 g/mol. The van der Waals surface area contributed by atoms with Gasteiger partial charge in [-0.25, -0.2) is 0 Å². The van der Waals surface area contributed by atoms with Gasteiger partial charge in [0.1, 0.15) is 0 Å². The zero-order chi connectivity index (χ0) is 20.9. The predicted octanol–water partition coefficient (Wildman–Crippen LogP) is 4.79. The summed E-state index contributed by atoms with van der Waals surface area (Å²) >= 11 is 0. The van der Waals surface area contributed by atoms with Crippen molar-refractivity contribution >= 4 is 11.8 Å². The summed E-state index contributed by atoms with van der Waals surface area (Å²) in [6.07, 6.45) is 0. The van der Waals surface area contributed by atoms with E-state index in [1.54, 1.807) is 0 Å². The summed E-state index contributed by atoms with van der Waals surface area (Å²) in [5, 5.41) is 6.35. The number of rotatable bonds is 5. The van der Waals surface area contributed by atoms with Crippen molar-refractivity contribution in [2.24, 2.45) is 10.8 Å². The average Bonchev–Trinajstić information content (AvgIpc) is 2.64. The zero-order valence-corrected chi connectivity index (χ0v) is 17.7. The monoisotopic (exact) mass is 380 g/mol. The Morgan fingerprint density at radius 1 is 0.607 bits per heavy atom. The van der Waals surface area contributed by atoms with Crippen LogP contribution in [-0.2, 0) is 9.59 Å². The molecule has 2 aromatic rings. The second-order valence-corrected chi connectivity index (χ2v) is 9.22. The summed E-state index contributed by atoms with van der Waals surface area (Å²) in [4.78, 5) is 25.7. The Morgan fingerprint density at radius 3 is 1.14 bits per heavy atom. The molecule has 150 valence electrons. The van der Waals surface area contributed by atoms with E-state index in [1.807, 2.05) is 102 Å². The topological polar surface area (TPSA) is 58.2 Å². The van der Waals surface area contributed by atoms with Crippen molar-refractivity contribution < 1.29 is 9.59 Å². The van der Waals surface area contributed by atoms with Gasteiger partial charge in [-0.05, 0) is 11.1 Å². The van der Waals surface area contributed by atoms with Crippen LogP contribution in [0.15, 0.2) is 60.7 Å². The molecule has 4 heteroatoms. The molecule has 2 aromatic carbocycles. The minimum Gasteiger partial charge on any atom is -0.346 e. The molecule has 2 atom stereocenters. The number of benzene rings is 2. The number of hydrogen-bond donors (Lipinski definition) is 2. The molecular weight excluding hydrogens is 348 g/mol. The number of carbonyl (C=O) groups excluding carboxylic acids is 2. The van der Waals surface area contributed by atoms with Crippen LogP contribution in [0.5, 0.6) is 0 Å². The lowest BCUT2D eigenvalue weighted by molar-refractivity contribution is -0.132. The van der Waals surface area contributed by atoms with Gasteiger partial charge in [0.15, 0.2) is 0 Å². The summed E-state index contributed by atoms with van der Waals surface area (Å²) in [5.74, 6) is -0.125. The largest absolute Gasteiger partial charge is 0.346 e. The van der Waals surface area contributed by atoms with E-state index in [4.69, 9.17) is 0 Å². The van der Waals surface area contributed by atoms with Gasteiger partial charge >= 0.3 is 0 Å². The van der Waals surface area contributed by atoms with E-state index in [1.165, 1.54) is 0 Å². The predicted molar refractivity (Wildman–Crippen MR) is 114 cm³/mol. The van der Waals surface area contributed by atoms with Gasteiger partial charge < -0.3 is 10.6 Å². The maximum Gasteiger partial charge on any atom is 0.225 e. The van der Waals surface area contributed by atoms with E-state index < -0.39 is 10.8 Å². The third-order valence-corrected chi connectivity index (χ3v) is 4.59. The standard InChI is InChI=1S/C24H32N2O2/c1-23(2,3)21(27)25-19(17-13-9-7-10-14-17)20(18-15-11-8-12-16-18)26-22(28)24(4,5)6/h7-16,19-20H,1-6H3,(H,25,27)(H,26,28). The fraction of sp³-hybridized carbons (Fsp3) is 0.417.